The molecule has 3 nitrogen and oxygen atoms in total. The third kappa shape index (κ3) is 3.02. The average molecular weight is 244 g/mol. The van der Waals surface area contributed by atoms with Crippen molar-refractivity contribution in [2.45, 2.75) is 6.10 Å². The van der Waals surface area contributed by atoms with Gasteiger partial charge in [-0.05, 0) is 18.2 Å². The second-order valence-corrected chi connectivity index (χ2v) is 3.88. The fourth-order valence-corrected chi connectivity index (χ4v) is 1.72. The fraction of sp³-hybridized carbons (Fsp3) is 0.200. The van der Waals surface area contributed by atoms with Crippen molar-refractivity contribution in [3.8, 4) is 11.5 Å². The van der Waals surface area contributed by atoms with E-state index >= 15 is 0 Å². The highest BCUT2D eigenvalue weighted by atomic mass is 16.5. The molecule has 0 bridgehead atoms. The Bertz CT molecular complexity index is 482. The van der Waals surface area contributed by atoms with Crippen LogP contribution in [0.15, 0.2) is 54.6 Å². The maximum Gasteiger partial charge on any atom is 0.124 e. The molecule has 2 aromatic rings. The van der Waals surface area contributed by atoms with Gasteiger partial charge < -0.3 is 14.6 Å². The number of ether oxygens (including phenoxy) is 2. The summed E-state index contributed by atoms with van der Waals surface area (Å²) < 4.78 is 10.7. The fourth-order valence-electron chi connectivity index (χ4n) is 1.72. The van der Waals surface area contributed by atoms with Crippen molar-refractivity contribution in [1.29, 1.82) is 0 Å². The molecule has 0 spiro atoms. The van der Waals surface area contributed by atoms with Crippen LogP contribution >= 0.6 is 0 Å². The maximum atomic E-state index is 10.1. The van der Waals surface area contributed by atoms with E-state index in [9.17, 15) is 5.11 Å². The summed E-state index contributed by atoms with van der Waals surface area (Å²) in [6.07, 6.45) is -0.707. The highest BCUT2D eigenvalue weighted by molar-refractivity contribution is 5.35. The van der Waals surface area contributed by atoms with Crippen LogP contribution in [0.3, 0.4) is 0 Å². The van der Waals surface area contributed by atoms with Crippen molar-refractivity contribution >= 4 is 0 Å². The topological polar surface area (TPSA) is 38.7 Å². The number of para-hydroxylation sites is 2. The van der Waals surface area contributed by atoms with Gasteiger partial charge in [-0.1, -0.05) is 36.4 Å². The summed E-state index contributed by atoms with van der Waals surface area (Å²) in [6, 6.07) is 16.8. The second kappa shape index (κ2) is 6.07. The van der Waals surface area contributed by atoms with E-state index in [-0.39, 0.29) is 6.61 Å². The van der Waals surface area contributed by atoms with E-state index in [1.807, 2.05) is 54.6 Å². The average Bonchev–Trinajstić information content (AvgIpc) is 2.45. The van der Waals surface area contributed by atoms with Crippen LogP contribution in [0.1, 0.15) is 11.7 Å². The SMILES string of the molecule is COc1ccccc1C(O)COc1ccccc1. The van der Waals surface area contributed by atoms with E-state index in [0.717, 1.165) is 11.3 Å². The molecule has 1 N–H and O–H groups in total. The Balaban J connectivity index is 2.01. The molecule has 0 aromatic heterocycles. The van der Waals surface area contributed by atoms with E-state index in [0.29, 0.717) is 5.75 Å². The highest BCUT2D eigenvalue weighted by Gasteiger charge is 2.13. The molecule has 0 saturated heterocycles. The lowest BCUT2D eigenvalue weighted by Gasteiger charge is -2.15. The molecule has 2 rings (SSSR count). The number of hydrogen-bond acceptors (Lipinski definition) is 3. The van der Waals surface area contributed by atoms with E-state index in [4.69, 9.17) is 9.47 Å². The van der Waals surface area contributed by atoms with Crippen LogP contribution < -0.4 is 9.47 Å². The first-order valence-corrected chi connectivity index (χ1v) is 5.80. The van der Waals surface area contributed by atoms with Gasteiger partial charge in [0.1, 0.15) is 24.2 Å². The minimum absolute atomic E-state index is 0.199. The van der Waals surface area contributed by atoms with Gasteiger partial charge in [0.2, 0.25) is 0 Å². The van der Waals surface area contributed by atoms with Crippen molar-refractivity contribution in [3.63, 3.8) is 0 Å². The third-order valence-electron chi connectivity index (χ3n) is 2.65. The summed E-state index contributed by atoms with van der Waals surface area (Å²) >= 11 is 0. The maximum absolute atomic E-state index is 10.1. The lowest BCUT2D eigenvalue weighted by atomic mass is 10.1. The third-order valence-corrected chi connectivity index (χ3v) is 2.65. The molecular formula is C15H16O3. The molecule has 0 fully saturated rings. The summed E-state index contributed by atoms with van der Waals surface area (Å²) in [6.45, 7) is 0.199. The standard InChI is InChI=1S/C15H16O3/c1-17-15-10-6-5-9-13(15)14(16)11-18-12-7-3-2-4-8-12/h2-10,14,16H,11H2,1H3. The Morgan fingerprint density at radius 3 is 2.39 bits per heavy atom. The predicted octanol–water partition coefficient (Wildman–Crippen LogP) is 2.81. The Hall–Kier alpha value is -2.00. The zero-order chi connectivity index (χ0) is 12.8. The van der Waals surface area contributed by atoms with Crippen molar-refractivity contribution in [3.05, 3.63) is 60.2 Å². The molecule has 0 aliphatic carbocycles. The van der Waals surface area contributed by atoms with Gasteiger partial charge in [0.25, 0.3) is 0 Å². The molecule has 0 heterocycles. The summed E-state index contributed by atoms with van der Waals surface area (Å²) in [5, 5.41) is 10.1. The van der Waals surface area contributed by atoms with Crippen LogP contribution in [0.2, 0.25) is 0 Å². The number of benzene rings is 2. The van der Waals surface area contributed by atoms with Gasteiger partial charge in [0, 0.05) is 5.56 Å². The highest BCUT2D eigenvalue weighted by Crippen LogP contribution is 2.25. The molecule has 0 saturated carbocycles. The van der Waals surface area contributed by atoms with Gasteiger partial charge in [-0.25, -0.2) is 0 Å². The molecular weight excluding hydrogens is 228 g/mol. The molecule has 18 heavy (non-hydrogen) atoms. The van der Waals surface area contributed by atoms with E-state index in [1.54, 1.807) is 7.11 Å². The van der Waals surface area contributed by atoms with Crippen LogP contribution in [0.25, 0.3) is 0 Å². The van der Waals surface area contributed by atoms with E-state index < -0.39 is 6.10 Å². The first-order valence-electron chi connectivity index (χ1n) is 5.80. The minimum atomic E-state index is -0.707. The summed E-state index contributed by atoms with van der Waals surface area (Å²) in [7, 11) is 1.59. The number of aliphatic hydroxyl groups is 1. The normalized spacial score (nSPS) is 11.9. The van der Waals surface area contributed by atoms with E-state index in [1.165, 1.54) is 0 Å². The lowest BCUT2D eigenvalue weighted by Crippen LogP contribution is -2.10. The van der Waals surface area contributed by atoms with Crippen LogP contribution in [-0.4, -0.2) is 18.8 Å². The van der Waals surface area contributed by atoms with Crippen molar-refractivity contribution in [1.82, 2.24) is 0 Å². The van der Waals surface area contributed by atoms with E-state index in [2.05, 4.69) is 0 Å². The molecule has 2 aromatic carbocycles. The van der Waals surface area contributed by atoms with Gasteiger partial charge in [-0.3, -0.25) is 0 Å². The Morgan fingerprint density at radius 1 is 1.00 bits per heavy atom. The van der Waals surface area contributed by atoms with Crippen molar-refractivity contribution in [2.75, 3.05) is 13.7 Å². The van der Waals surface area contributed by atoms with Crippen LogP contribution in [0.4, 0.5) is 0 Å². The molecule has 0 radical (unpaired) electrons. The molecule has 1 unspecified atom stereocenters. The first kappa shape index (κ1) is 12.5. The molecule has 1 atom stereocenters. The zero-order valence-corrected chi connectivity index (χ0v) is 10.2. The zero-order valence-electron chi connectivity index (χ0n) is 10.2. The molecule has 0 amide bonds. The first-order chi connectivity index (χ1) is 8.81. The number of rotatable bonds is 5. The Morgan fingerprint density at radius 2 is 1.67 bits per heavy atom. The largest absolute Gasteiger partial charge is 0.496 e. The monoisotopic (exact) mass is 244 g/mol. The van der Waals surface area contributed by atoms with Gasteiger partial charge in [0.05, 0.1) is 7.11 Å². The van der Waals surface area contributed by atoms with Crippen molar-refractivity contribution in [2.24, 2.45) is 0 Å². The van der Waals surface area contributed by atoms with Crippen LogP contribution in [0.5, 0.6) is 11.5 Å². The van der Waals surface area contributed by atoms with Gasteiger partial charge in [-0.15, -0.1) is 0 Å². The summed E-state index contributed by atoms with van der Waals surface area (Å²) in [5.74, 6) is 1.41. The van der Waals surface area contributed by atoms with Gasteiger partial charge in [-0.2, -0.15) is 0 Å². The predicted molar refractivity (Wildman–Crippen MR) is 69.9 cm³/mol. The lowest BCUT2D eigenvalue weighted by molar-refractivity contribution is 0.106. The number of hydrogen-bond donors (Lipinski definition) is 1. The smallest absolute Gasteiger partial charge is 0.124 e. The second-order valence-electron chi connectivity index (χ2n) is 3.88. The summed E-state index contributed by atoms with van der Waals surface area (Å²) in [4.78, 5) is 0. The molecule has 94 valence electrons. The van der Waals surface area contributed by atoms with Crippen molar-refractivity contribution < 1.29 is 14.6 Å². The quantitative estimate of drug-likeness (QED) is 0.879. The summed E-state index contributed by atoms with van der Waals surface area (Å²) in [5.41, 5.74) is 0.732. The number of methoxy groups -OCH3 is 1. The Labute approximate surface area is 107 Å². The number of aliphatic hydroxyl groups excluding tert-OH is 1. The minimum Gasteiger partial charge on any atom is -0.496 e. The molecule has 0 aliphatic heterocycles. The van der Waals surface area contributed by atoms with Gasteiger partial charge >= 0.3 is 0 Å². The molecule has 0 aliphatic rings. The van der Waals surface area contributed by atoms with Crippen LogP contribution in [0, 0.1) is 0 Å². The van der Waals surface area contributed by atoms with Crippen LogP contribution in [-0.2, 0) is 0 Å². The molecule has 3 heteroatoms. The van der Waals surface area contributed by atoms with Gasteiger partial charge in [0.15, 0.2) is 0 Å². The Kier molecular flexibility index (Phi) is 4.20.